The van der Waals surface area contributed by atoms with Crippen molar-refractivity contribution in [1.29, 1.82) is 0 Å². The van der Waals surface area contributed by atoms with Crippen LogP contribution in [0.5, 0.6) is 5.75 Å². The average Bonchev–Trinajstić information content (AvgIpc) is 3.07. The third-order valence-electron chi connectivity index (χ3n) is 5.18. The van der Waals surface area contributed by atoms with Crippen LogP contribution in [0.4, 0.5) is 17.1 Å². The predicted molar refractivity (Wildman–Crippen MR) is 128 cm³/mol. The van der Waals surface area contributed by atoms with Crippen LogP contribution in [0.2, 0.25) is 0 Å². The molecular formula is C25H20ClN3O4. The summed E-state index contributed by atoms with van der Waals surface area (Å²) < 4.78 is 5.11. The predicted octanol–water partition coefficient (Wildman–Crippen LogP) is 4.41. The molecule has 3 aromatic carbocycles. The Morgan fingerprint density at radius 3 is 2.30 bits per heavy atom. The smallest absolute Gasteiger partial charge is 0.283 e. The van der Waals surface area contributed by atoms with Crippen molar-refractivity contribution in [2.75, 3.05) is 29.3 Å². The summed E-state index contributed by atoms with van der Waals surface area (Å²) in [5.41, 5.74) is 1.92. The van der Waals surface area contributed by atoms with Crippen molar-refractivity contribution >= 4 is 46.4 Å². The van der Waals surface area contributed by atoms with Crippen LogP contribution >= 0.6 is 11.6 Å². The van der Waals surface area contributed by atoms with E-state index >= 15 is 0 Å². The summed E-state index contributed by atoms with van der Waals surface area (Å²) >= 11 is 6.21. The number of carbonyl (C=O) groups excluding carboxylic acids is 3. The van der Waals surface area contributed by atoms with Gasteiger partial charge in [0.25, 0.3) is 17.7 Å². The van der Waals surface area contributed by atoms with E-state index < -0.39 is 11.8 Å². The lowest BCUT2D eigenvalue weighted by Crippen LogP contribution is -2.32. The first-order valence-corrected chi connectivity index (χ1v) is 10.4. The van der Waals surface area contributed by atoms with Gasteiger partial charge in [0.2, 0.25) is 0 Å². The van der Waals surface area contributed by atoms with Crippen molar-refractivity contribution in [3.05, 3.63) is 95.2 Å². The molecule has 4 rings (SSSR count). The molecule has 7 nitrogen and oxygen atoms in total. The Balaban J connectivity index is 1.55. The number of amides is 3. The largest absolute Gasteiger partial charge is 0.497 e. The number of para-hydroxylation sites is 1. The molecular weight excluding hydrogens is 442 g/mol. The topological polar surface area (TPSA) is 79.0 Å². The maximum absolute atomic E-state index is 13.0. The Hall–Kier alpha value is -4.10. The molecule has 0 bridgehead atoms. The Labute approximate surface area is 195 Å². The fraction of sp³-hybridized carbons (Fsp3) is 0.0800. The molecule has 166 valence electrons. The molecule has 1 aliphatic rings. The molecule has 1 N–H and O–H groups in total. The van der Waals surface area contributed by atoms with E-state index in [0.29, 0.717) is 22.7 Å². The van der Waals surface area contributed by atoms with Crippen LogP contribution in [0, 0.1) is 0 Å². The standard InChI is InChI=1S/C25H20ClN3O4/c1-28(18-9-4-3-5-10-18)23(30)16-7-6-8-17(15-16)27-22-21(26)24(31)29(25(22)32)19-11-13-20(33-2)14-12-19/h3-15,27H,1-2H3. The molecule has 0 atom stereocenters. The highest BCUT2D eigenvalue weighted by molar-refractivity contribution is 6.53. The third-order valence-corrected chi connectivity index (χ3v) is 5.54. The summed E-state index contributed by atoms with van der Waals surface area (Å²) in [6.45, 7) is 0. The minimum Gasteiger partial charge on any atom is -0.497 e. The Kier molecular flexibility index (Phi) is 6.15. The van der Waals surface area contributed by atoms with Gasteiger partial charge in [-0.3, -0.25) is 14.4 Å². The molecule has 1 heterocycles. The Morgan fingerprint density at radius 2 is 1.64 bits per heavy atom. The fourth-order valence-corrected chi connectivity index (χ4v) is 3.63. The zero-order valence-corrected chi connectivity index (χ0v) is 18.7. The molecule has 0 aromatic heterocycles. The van der Waals surface area contributed by atoms with E-state index in [-0.39, 0.29) is 16.6 Å². The summed E-state index contributed by atoms with van der Waals surface area (Å²) in [4.78, 5) is 41.1. The minimum atomic E-state index is -0.634. The van der Waals surface area contributed by atoms with Crippen molar-refractivity contribution in [1.82, 2.24) is 0 Å². The number of hydrogen-bond donors (Lipinski definition) is 1. The van der Waals surface area contributed by atoms with Gasteiger partial charge in [0.1, 0.15) is 16.5 Å². The van der Waals surface area contributed by atoms with Crippen molar-refractivity contribution in [2.24, 2.45) is 0 Å². The normalized spacial score (nSPS) is 13.4. The van der Waals surface area contributed by atoms with Gasteiger partial charge in [-0.05, 0) is 54.6 Å². The number of benzene rings is 3. The highest BCUT2D eigenvalue weighted by Gasteiger charge is 2.39. The second-order valence-corrected chi connectivity index (χ2v) is 7.62. The highest BCUT2D eigenvalue weighted by atomic mass is 35.5. The number of anilines is 3. The molecule has 1 aliphatic heterocycles. The van der Waals surface area contributed by atoms with Gasteiger partial charge >= 0.3 is 0 Å². The molecule has 3 aromatic rings. The van der Waals surface area contributed by atoms with Gasteiger partial charge in [-0.1, -0.05) is 35.9 Å². The van der Waals surface area contributed by atoms with Gasteiger partial charge in [-0.2, -0.15) is 0 Å². The van der Waals surface area contributed by atoms with E-state index in [1.165, 1.54) is 12.0 Å². The van der Waals surface area contributed by atoms with Gasteiger partial charge in [-0.25, -0.2) is 4.90 Å². The molecule has 0 fully saturated rings. The number of nitrogens with one attached hydrogen (secondary N) is 1. The van der Waals surface area contributed by atoms with Crippen LogP contribution in [-0.4, -0.2) is 31.9 Å². The summed E-state index contributed by atoms with van der Waals surface area (Å²) in [5, 5.41) is 2.68. The Bertz CT molecular complexity index is 1260. The van der Waals surface area contributed by atoms with E-state index in [1.807, 2.05) is 30.3 Å². The molecule has 0 unspecified atom stereocenters. The van der Waals surface area contributed by atoms with Gasteiger partial charge in [0, 0.05) is 24.0 Å². The van der Waals surface area contributed by atoms with E-state index in [2.05, 4.69) is 5.32 Å². The van der Waals surface area contributed by atoms with Crippen LogP contribution < -0.4 is 19.9 Å². The van der Waals surface area contributed by atoms with E-state index in [4.69, 9.17) is 16.3 Å². The monoisotopic (exact) mass is 461 g/mol. The lowest BCUT2D eigenvalue weighted by molar-refractivity contribution is -0.120. The number of rotatable bonds is 6. The minimum absolute atomic E-state index is 0.0569. The summed E-state index contributed by atoms with van der Waals surface area (Å²) in [6.07, 6.45) is 0. The lowest BCUT2D eigenvalue weighted by Gasteiger charge is -2.18. The summed E-state index contributed by atoms with van der Waals surface area (Å²) in [5.74, 6) is -0.852. The number of ether oxygens (including phenoxy) is 1. The van der Waals surface area contributed by atoms with Crippen molar-refractivity contribution in [3.8, 4) is 5.75 Å². The van der Waals surface area contributed by atoms with Crippen molar-refractivity contribution in [2.45, 2.75) is 0 Å². The highest BCUT2D eigenvalue weighted by Crippen LogP contribution is 2.31. The van der Waals surface area contributed by atoms with Crippen LogP contribution in [0.3, 0.4) is 0 Å². The maximum atomic E-state index is 13.0. The number of imide groups is 1. The average molecular weight is 462 g/mol. The van der Waals surface area contributed by atoms with Gasteiger partial charge in [0.05, 0.1) is 12.8 Å². The third kappa shape index (κ3) is 4.31. The van der Waals surface area contributed by atoms with Crippen molar-refractivity contribution in [3.63, 3.8) is 0 Å². The first kappa shape index (κ1) is 22.1. The number of halogens is 1. The zero-order valence-electron chi connectivity index (χ0n) is 17.9. The zero-order chi connectivity index (χ0) is 23.5. The summed E-state index contributed by atoms with van der Waals surface area (Å²) in [7, 11) is 3.21. The number of nitrogens with zero attached hydrogens (tertiary/aromatic N) is 2. The number of carbonyl (C=O) groups is 3. The SMILES string of the molecule is COc1ccc(N2C(=O)C(Cl)=C(Nc3cccc(C(=O)N(C)c4ccccc4)c3)C2=O)cc1. The number of hydrogen-bond acceptors (Lipinski definition) is 5. The van der Waals surface area contributed by atoms with Gasteiger partial charge in [0.15, 0.2) is 0 Å². The van der Waals surface area contributed by atoms with E-state index in [0.717, 1.165) is 10.6 Å². The molecule has 0 radical (unpaired) electrons. The van der Waals surface area contributed by atoms with Gasteiger partial charge < -0.3 is 15.0 Å². The fourth-order valence-electron chi connectivity index (χ4n) is 3.41. The molecule has 0 saturated heterocycles. The molecule has 0 saturated carbocycles. The van der Waals surface area contributed by atoms with Gasteiger partial charge in [-0.15, -0.1) is 0 Å². The van der Waals surface area contributed by atoms with E-state index in [1.54, 1.807) is 55.6 Å². The first-order valence-electron chi connectivity index (χ1n) is 10.0. The molecule has 8 heteroatoms. The van der Waals surface area contributed by atoms with Crippen molar-refractivity contribution < 1.29 is 19.1 Å². The maximum Gasteiger partial charge on any atom is 0.283 e. The van der Waals surface area contributed by atoms with Crippen LogP contribution in [0.15, 0.2) is 89.6 Å². The molecule has 0 spiro atoms. The number of methoxy groups -OCH3 is 1. The van der Waals surface area contributed by atoms with Crippen LogP contribution in [0.1, 0.15) is 10.4 Å². The summed E-state index contributed by atoms with van der Waals surface area (Å²) in [6, 6.07) is 22.4. The first-order chi connectivity index (χ1) is 15.9. The molecule has 0 aliphatic carbocycles. The molecule has 33 heavy (non-hydrogen) atoms. The van der Waals surface area contributed by atoms with Crippen LogP contribution in [-0.2, 0) is 9.59 Å². The second kappa shape index (κ2) is 9.18. The quantitative estimate of drug-likeness (QED) is 0.550. The Morgan fingerprint density at radius 1 is 0.939 bits per heavy atom. The van der Waals surface area contributed by atoms with Crippen LogP contribution in [0.25, 0.3) is 0 Å². The lowest BCUT2D eigenvalue weighted by atomic mass is 10.1. The second-order valence-electron chi connectivity index (χ2n) is 7.24. The molecule has 3 amide bonds. The van der Waals surface area contributed by atoms with E-state index in [9.17, 15) is 14.4 Å².